The quantitative estimate of drug-likeness (QED) is 0.659. The Morgan fingerprint density at radius 1 is 0.857 bits per heavy atom. The summed E-state index contributed by atoms with van der Waals surface area (Å²) in [6.45, 7) is 5.34. The van der Waals surface area contributed by atoms with Crippen LogP contribution in [0.2, 0.25) is 0 Å². The zero-order chi connectivity index (χ0) is 24.1. The molecule has 0 radical (unpaired) electrons. The molecule has 3 unspecified atom stereocenters. The van der Waals surface area contributed by atoms with E-state index in [0.29, 0.717) is 16.7 Å². The lowest BCUT2D eigenvalue weighted by molar-refractivity contribution is -0.136. The van der Waals surface area contributed by atoms with Crippen molar-refractivity contribution in [1.82, 2.24) is 20.4 Å². The van der Waals surface area contributed by atoms with E-state index in [4.69, 9.17) is 0 Å². The number of amides is 4. The molecule has 3 fully saturated rings. The molecule has 4 aliphatic rings. The molecule has 8 heteroatoms. The Labute approximate surface area is 203 Å². The van der Waals surface area contributed by atoms with E-state index < -0.39 is 23.8 Å². The highest BCUT2D eigenvalue weighted by Gasteiger charge is 2.45. The Morgan fingerprint density at radius 3 is 2.29 bits per heavy atom. The average Bonchev–Trinajstić information content (AvgIpc) is 3.10. The van der Waals surface area contributed by atoms with Crippen LogP contribution in [0.25, 0.3) is 11.1 Å². The summed E-state index contributed by atoms with van der Waals surface area (Å²) in [4.78, 5) is 53.9. The van der Waals surface area contributed by atoms with Crippen LogP contribution >= 0.6 is 0 Å². The predicted molar refractivity (Wildman–Crippen MR) is 128 cm³/mol. The zero-order valence-electron chi connectivity index (χ0n) is 19.5. The normalized spacial score (nSPS) is 26.6. The maximum Gasteiger partial charge on any atom is 0.262 e. The lowest BCUT2D eigenvalue weighted by Crippen LogP contribution is -2.54. The maximum atomic E-state index is 13.4. The van der Waals surface area contributed by atoms with Crippen LogP contribution in [0.15, 0.2) is 42.5 Å². The topological polar surface area (TPSA) is 98.8 Å². The smallest absolute Gasteiger partial charge is 0.262 e. The van der Waals surface area contributed by atoms with Crippen molar-refractivity contribution in [3.05, 3.63) is 59.2 Å². The van der Waals surface area contributed by atoms with Gasteiger partial charge < -0.3 is 5.32 Å². The number of nitrogens with zero attached hydrogens (tertiary/aromatic N) is 2. The minimum absolute atomic E-state index is 0.104. The number of benzene rings is 2. The monoisotopic (exact) mass is 472 g/mol. The summed E-state index contributed by atoms with van der Waals surface area (Å²) in [7, 11) is 0. The van der Waals surface area contributed by atoms with Gasteiger partial charge in [-0.1, -0.05) is 36.4 Å². The summed E-state index contributed by atoms with van der Waals surface area (Å²) >= 11 is 0. The van der Waals surface area contributed by atoms with E-state index >= 15 is 0 Å². The lowest BCUT2D eigenvalue weighted by atomic mass is 9.85. The van der Waals surface area contributed by atoms with Gasteiger partial charge in [-0.05, 0) is 60.5 Å². The lowest BCUT2D eigenvalue weighted by Gasteiger charge is -2.41. The SMILES string of the molecule is O=C1CCC(N2C(=O)c3cccc(-c4ccc(CN5CC6CNCC(C6)C5)cc4)c3C2=O)C(=O)N1. The highest BCUT2D eigenvalue weighted by atomic mass is 16.2. The molecule has 6 rings (SSSR count). The predicted octanol–water partition coefficient (Wildman–Crippen LogP) is 1.80. The van der Waals surface area contributed by atoms with Gasteiger partial charge in [-0.25, -0.2) is 0 Å². The van der Waals surface area contributed by atoms with Gasteiger partial charge in [-0.2, -0.15) is 0 Å². The molecule has 0 spiro atoms. The molecule has 4 heterocycles. The Morgan fingerprint density at radius 2 is 1.57 bits per heavy atom. The average molecular weight is 473 g/mol. The van der Waals surface area contributed by atoms with E-state index in [1.807, 2.05) is 18.2 Å². The van der Waals surface area contributed by atoms with Gasteiger partial charge in [-0.3, -0.25) is 34.3 Å². The van der Waals surface area contributed by atoms with Gasteiger partial charge in [-0.15, -0.1) is 0 Å². The molecule has 35 heavy (non-hydrogen) atoms. The van der Waals surface area contributed by atoms with Crippen LogP contribution in [0.3, 0.4) is 0 Å². The van der Waals surface area contributed by atoms with E-state index in [1.54, 1.807) is 12.1 Å². The molecule has 180 valence electrons. The number of likely N-dealkylation sites (tertiary alicyclic amines) is 1. The van der Waals surface area contributed by atoms with Crippen LogP contribution in [0.5, 0.6) is 0 Å². The van der Waals surface area contributed by atoms with Crippen LogP contribution in [0.1, 0.15) is 45.5 Å². The second kappa shape index (κ2) is 8.70. The van der Waals surface area contributed by atoms with Crippen molar-refractivity contribution in [1.29, 1.82) is 0 Å². The summed E-state index contributed by atoms with van der Waals surface area (Å²) in [6.07, 6.45) is 1.58. The van der Waals surface area contributed by atoms with Crippen molar-refractivity contribution >= 4 is 23.6 Å². The molecule has 4 amide bonds. The van der Waals surface area contributed by atoms with Crippen molar-refractivity contribution in [3.8, 4) is 11.1 Å². The van der Waals surface area contributed by atoms with E-state index in [-0.39, 0.29) is 18.7 Å². The van der Waals surface area contributed by atoms with Gasteiger partial charge in [0.25, 0.3) is 11.8 Å². The third-order valence-corrected chi connectivity index (χ3v) is 7.70. The molecule has 3 saturated heterocycles. The molecular formula is C27H28N4O4. The highest BCUT2D eigenvalue weighted by molar-refractivity contribution is 6.25. The summed E-state index contributed by atoms with van der Waals surface area (Å²) in [5, 5.41) is 5.77. The molecule has 0 aromatic heterocycles. The Balaban J connectivity index is 1.23. The molecule has 4 aliphatic heterocycles. The number of nitrogens with one attached hydrogen (secondary N) is 2. The van der Waals surface area contributed by atoms with Gasteiger partial charge in [0.2, 0.25) is 11.8 Å². The Hall–Kier alpha value is -3.36. The number of fused-ring (bicyclic) bond motifs is 3. The molecule has 3 atom stereocenters. The summed E-state index contributed by atoms with van der Waals surface area (Å²) in [5.41, 5.74) is 3.39. The van der Waals surface area contributed by atoms with Gasteiger partial charge in [0.1, 0.15) is 6.04 Å². The first-order valence-corrected chi connectivity index (χ1v) is 12.3. The molecule has 0 aliphatic carbocycles. The largest absolute Gasteiger partial charge is 0.316 e. The first-order valence-electron chi connectivity index (χ1n) is 12.3. The van der Waals surface area contributed by atoms with E-state index in [2.05, 4.69) is 27.7 Å². The van der Waals surface area contributed by atoms with Crippen molar-refractivity contribution in [2.24, 2.45) is 11.8 Å². The van der Waals surface area contributed by atoms with Crippen LogP contribution in [0.4, 0.5) is 0 Å². The number of hydrogen-bond donors (Lipinski definition) is 2. The van der Waals surface area contributed by atoms with Crippen molar-refractivity contribution in [2.45, 2.75) is 31.8 Å². The number of imide groups is 2. The second-order valence-electron chi connectivity index (χ2n) is 10.2. The highest BCUT2D eigenvalue weighted by Crippen LogP contribution is 2.35. The Kier molecular flexibility index (Phi) is 5.50. The molecule has 8 nitrogen and oxygen atoms in total. The standard InChI is InChI=1S/C27H28N4O4/c32-23-9-8-22(25(33)29-23)31-26(34)21-3-1-2-20(24(21)27(31)35)19-6-4-16(5-7-19)13-30-14-17-10-18(15-30)12-28-11-17/h1-7,17-18,22,28H,8-15H2,(H,29,32,33). The second-order valence-corrected chi connectivity index (χ2v) is 10.2. The van der Waals surface area contributed by atoms with Crippen LogP contribution in [0, 0.1) is 11.8 Å². The molecular weight excluding hydrogens is 444 g/mol. The van der Waals surface area contributed by atoms with Gasteiger partial charge in [0, 0.05) is 26.1 Å². The fourth-order valence-corrected chi connectivity index (χ4v) is 6.15. The van der Waals surface area contributed by atoms with Gasteiger partial charge >= 0.3 is 0 Å². The van der Waals surface area contributed by atoms with Crippen LogP contribution in [-0.2, 0) is 16.1 Å². The third-order valence-electron chi connectivity index (χ3n) is 7.70. The number of carbonyl (C=O) groups is 4. The Bertz CT molecular complexity index is 1210. The van der Waals surface area contributed by atoms with Crippen molar-refractivity contribution < 1.29 is 19.2 Å². The van der Waals surface area contributed by atoms with Crippen LogP contribution < -0.4 is 10.6 Å². The van der Waals surface area contributed by atoms with Gasteiger partial charge in [0.15, 0.2) is 0 Å². The summed E-state index contributed by atoms with van der Waals surface area (Å²) in [5.74, 6) is -0.489. The van der Waals surface area contributed by atoms with Crippen molar-refractivity contribution in [3.63, 3.8) is 0 Å². The van der Waals surface area contributed by atoms with Crippen LogP contribution in [-0.4, -0.2) is 65.6 Å². The summed E-state index contributed by atoms with van der Waals surface area (Å²) in [6, 6.07) is 12.5. The number of carbonyl (C=O) groups excluding carboxylic acids is 4. The number of hydrogen-bond acceptors (Lipinski definition) is 6. The fourth-order valence-electron chi connectivity index (χ4n) is 6.15. The third kappa shape index (κ3) is 3.96. The molecule has 2 aromatic rings. The first-order chi connectivity index (χ1) is 17.0. The molecule has 0 saturated carbocycles. The zero-order valence-corrected chi connectivity index (χ0v) is 19.5. The van der Waals surface area contributed by atoms with E-state index in [1.165, 1.54) is 12.0 Å². The first kappa shape index (κ1) is 22.1. The molecule has 2 N–H and O–H groups in total. The van der Waals surface area contributed by atoms with Gasteiger partial charge in [0.05, 0.1) is 11.1 Å². The minimum atomic E-state index is -0.963. The summed E-state index contributed by atoms with van der Waals surface area (Å²) < 4.78 is 0. The van der Waals surface area contributed by atoms with E-state index in [0.717, 1.165) is 55.0 Å². The maximum absolute atomic E-state index is 13.4. The molecule has 2 aromatic carbocycles. The minimum Gasteiger partial charge on any atom is -0.316 e. The molecule has 2 bridgehead atoms. The van der Waals surface area contributed by atoms with Crippen molar-refractivity contribution in [2.75, 3.05) is 26.2 Å². The number of piperidine rings is 3. The van der Waals surface area contributed by atoms with E-state index in [9.17, 15) is 19.2 Å². The fraction of sp³-hybridized carbons (Fsp3) is 0.407. The number of rotatable bonds is 4.